The van der Waals surface area contributed by atoms with Crippen molar-refractivity contribution in [3.63, 3.8) is 0 Å². The summed E-state index contributed by atoms with van der Waals surface area (Å²) in [6, 6.07) is 11.7. The van der Waals surface area contributed by atoms with Crippen LogP contribution in [-0.4, -0.2) is 36.2 Å². The van der Waals surface area contributed by atoms with E-state index in [0.29, 0.717) is 18.0 Å². The summed E-state index contributed by atoms with van der Waals surface area (Å²) in [6.45, 7) is 3.67. The number of para-hydroxylation sites is 1. The first-order chi connectivity index (χ1) is 14.4. The van der Waals surface area contributed by atoms with E-state index in [2.05, 4.69) is 0 Å². The van der Waals surface area contributed by atoms with Gasteiger partial charge in [0.2, 0.25) is 6.79 Å². The molecule has 1 amide bonds. The van der Waals surface area contributed by atoms with Crippen LogP contribution in [0, 0.1) is 10.1 Å². The lowest BCUT2D eigenvalue weighted by Crippen LogP contribution is -2.39. The number of carbonyl (C=O) groups is 2. The Hall–Kier alpha value is -3.88. The van der Waals surface area contributed by atoms with Gasteiger partial charge in [0, 0.05) is 18.3 Å². The molecule has 0 radical (unpaired) electrons. The van der Waals surface area contributed by atoms with Crippen molar-refractivity contribution in [1.29, 1.82) is 0 Å². The van der Waals surface area contributed by atoms with E-state index < -0.39 is 17.0 Å². The number of nitro groups is 1. The van der Waals surface area contributed by atoms with Crippen molar-refractivity contribution in [2.24, 2.45) is 0 Å². The van der Waals surface area contributed by atoms with Crippen molar-refractivity contribution < 1.29 is 28.7 Å². The monoisotopic (exact) mass is 412 g/mol. The average molecular weight is 412 g/mol. The van der Waals surface area contributed by atoms with Gasteiger partial charge in [-0.2, -0.15) is 0 Å². The van der Waals surface area contributed by atoms with Crippen molar-refractivity contribution in [2.45, 2.75) is 20.0 Å². The second kappa shape index (κ2) is 9.08. The smallest absolute Gasteiger partial charge is 0.331 e. The van der Waals surface area contributed by atoms with Gasteiger partial charge in [-0.3, -0.25) is 14.9 Å². The standard InChI is InChI=1S/C21H20N2O7/c1-3-22(16-7-5-4-6-8-16)21(25)14(2)30-20(24)10-9-15-11-18-19(29-13-28-18)12-17(15)23(26)27/h4-12,14H,3,13H2,1-2H3/b10-9+/t14-/m1/s1. The lowest BCUT2D eigenvalue weighted by atomic mass is 10.1. The van der Waals surface area contributed by atoms with Gasteiger partial charge in [0.25, 0.3) is 11.6 Å². The molecule has 9 heteroatoms. The molecule has 0 aromatic heterocycles. The number of amides is 1. The lowest BCUT2D eigenvalue weighted by Gasteiger charge is -2.24. The zero-order chi connectivity index (χ0) is 21.7. The predicted molar refractivity (Wildman–Crippen MR) is 108 cm³/mol. The molecule has 0 fully saturated rings. The highest BCUT2D eigenvalue weighted by molar-refractivity contribution is 5.98. The third kappa shape index (κ3) is 4.57. The second-order valence-corrected chi connectivity index (χ2v) is 6.35. The third-order valence-corrected chi connectivity index (χ3v) is 4.41. The first-order valence-electron chi connectivity index (χ1n) is 9.24. The number of hydrogen-bond acceptors (Lipinski definition) is 7. The predicted octanol–water partition coefficient (Wildman–Crippen LogP) is 3.32. The van der Waals surface area contributed by atoms with Gasteiger partial charge < -0.3 is 19.1 Å². The number of anilines is 1. The molecule has 1 aliphatic rings. The molecule has 0 spiro atoms. The molecule has 0 aliphatic carbocycles. The molecule has 1 atom stereocenters. The van der Waals surface area contributed by atoms with Crippen molar-refractivity contribution >= 4 is 29.3 Å². The summed E-state index contributed by atoms with van der Waals surface area (Å²) in [5.41, 5.74) is 0.604. The van der Waals surface area contributed by atoms with E-state index in [1.807, 2.05) is 25.1 Å². The van der Waals surface area contributed by atoms with Gasteiger partial charge in [0.15, 0.2) is 17.6 Å². The van der Waals surface area contributed by atoms with Crippen LogP contribution in [0.1, 0.15) is 19.4 Å². The van der Waals surface area contributed by atoms with E-state index in [9.17, 15) is 19.7 Å². The fraction of sp³-hybridized carbons (Fsp3) is 0.238. The molecule has 0 N–H and O–H groups in total. The van der Waals surface area contributed by atoms with Crippen LogP contribution in [0.4, 0.5) is 11.4 Å². The van der Waals surface area contributed by atoms with Crippen LogP contribution in [-0.2, 0) is 14.3 Å². The number of benzene rings is 2. The molecule has 2 aromatic carbocycles. The Balaban J connectivity index is 1.70. The molecule has 30 heavy (non-hydrogen) atoms. The fourth-order valence-corrected chi connectivity index (χ4v) is 2.95. The minimum atomic E-state index is -1.03. The minimum Gasteiger partial charge on any atom is -0.454 e. The number of nitro benzene ring substituents is 1. The minimum absolute atomic E-state index is 0.0311. The van der Waals surface area contributed by atoms with Crippen LogP contribution < -0.4 is 14.4 Å². The van der Waals surface area contributed by atoms with Crippen LogP contribution in [0.5, 0.6) is 11.5 Å². The quantitative estimate of drug-likeness (QED) is 0.297. The molecule has 2 aromatic rings. The molecule has 1 heterocycles. The Kier molecular flexibility index (Phi) is 6.31. The topological polar surface area (TPSA) is 108 Å². The highest BCUT2D eigenvalue weighted by atomic mass is 16.7. The van der Waals surface area contributed by atoms with Crippen LogP contribution >= 0.6 is 0 Å². The zero-order valence-corrected chi connectivity index (χ0v) is 16.4. The molecule has 0 unspecified atom stereocenters. The SMILES string of the molecule is CCN(C(=O)[C@@H](C)OC(=O)/C=C/c1cc2c(cc1[N+](=O)[O-])OCO2)c1ccccc1. The molecular formula is C21H20N2O7. The van der Waals surface area contributed by atoms with Gasteiger partial charge >= 0.3 is 5.97 Å². The van der Waals surface area contributed by atoms with Crippen LogP contribution in [0.2, 0.25) is 0 Å². The van der Waals surface area contributed by atoms with Gasteiger partial charge in [-0.15, -0.1) is 0 Å². The first-order valence-corrected chi connectivity index (χ1v) is 9.24. The summed E-state index contributed by atoms with van der Waals surface area (Å²) in [5, 5.41) is 11.3. The number of ether oxygens (including phenoxy) is 3. The van der Waals surface area contributed by atoms with Crippen LogP contribution in [0.3, 0.4) is 0 Å². The first kappa shape index (κ1) is 20.8. The number of carbonyl (C=O) groups excluding carboxylic acids is 2. The summed E-state index contributed by atoms with van der Waals surface area (Å²) in [4.78, 5) is 37.1. The molecular weight excluding hydrogens is 392 g/mol. The van der Waals surface area contributed by atoms with Gasteiger partial charge in [-0.1, -0.05) is 18.2 Å². The summed E-state index contributed by atoms with van der Waals surface area (Å²) in [7, 11) is 0. The number of nitrogens with zero attached hydrogens (tertiary/aromatic N) is 2. The molecule has 3 rings (SSSR count). The van der Waals surface area contributed by atoms with E-state index in [0.717, 1.165) is 6.08 Å². The Morgan fingerprint density at radius 1 is 1.23 bits per heavy atom. The van der Waals surface area contributed by atoms with Crippen molar-refractivity contribution in [3.05, 3.63) is 64.2 Å². The molecule has 9 nitrogen and oxygen atoms in total. The van der Waals surface area contributed by atoms with Crippen LogP contribution in [0.15, 0.2) is 48.5 Å². The number of rotatable bonds is 7. The van der Waals surface area contributed by atoms with E-state index in [1.165, 1.54) is 30.0 Å². The molecule has 156 valence electrons. The third-order valence-electron chi connectivity index (χ3n) is 4.41. The van der Waals surface area contributed by atoms with Gasteiger partial charge in [0.05, 0.1) is 16.6 Å². The Bertz CT molecular complexity index is 988. The van der Waals surface area contributed by atoms with E-state index in [1.54, 1.807) is 12.1 Å². The van der Waals surface area contributed by atoms with Crippen molar-refractivity contribution in [1.82, 2.24) is 0 Å². The number of likely N-dealkylation sites (N-methyl/N-ethyl adjacent to an activating group) is 1. The van der Waals surface area contributed by atoms with E-state index in [-0.39, 0.29) is 29.7 Å². The number of fused-ring (bicyclic) bond motifs is 1. The Morgan fingerprint density at radius 2 is 1.90 bits per heavy atom. The average Bonchev–Trinajstić information content (AvgIpc) is 3.20. The summed E-state index contributed by atoms with van der Waals surface area (Å²) in [5.74, 6) is -0.564. The van der Waals surface area contributed by atoms with Gasteiger partial charge in [0.1, 0.15) is 0 Å². The second-order valence-electron chi connectivity index (χ2n) is 6.35. The highest BCUT2D eigenvalue weighted by Gasteiger charge is 2.24. The summed E-state index contributed by atoms with van der Waals surface area (Å²) in [6.07, 6.45) is 1.25. The maximum atomic E-state index is 12.7. The largest absolute Gasteiger partial charge is 0.454 e. The molecule has 1 aliphatic heterocycles. The van der Waals surface area contributed by atoms with E-state index in [4.69, 9.17) is 14.2 Å². The lowest BCUT2D eigenvalue weighted by molar-refractivity contribution is -0.385. The fourth-order valence-electron chi connectivity index (χ4n) is 2.95. The van der Waals surface area contributed by atoms with Crippen molar-refractivity contribution in [2.75, 3.05) is 18.2 Å². The van der Waals surface area contributed by atoms with Gasteiger partial charge in [-0.25, -0.2) is 4.79 Å². The number of hydrogen-bond donors (Lipinski definition) is 0. The summed E-state index contributed by atoms with van der Waals surface area (Å²) < 4.78 is 15.5. The maximum absolute atomic E-state index is 12.7. The van der Waals surface area contributed by atoms with E-state index >= 15 is 0 Å². The normalized spacial score (nSPS) is 13.1. The van der Waals surface area contributed by atoms with Crippen molar-refractivity contribution in [3.8, 4) is 11.5 Å². The molecule has 0 saturated heterocycles. The highest BCUT2D eigenvalue weighted by Crippen LogP contribution is 2.38. The maximum Gasteiger partial charge on any atom is 0.331 e. The molecule has 0 saturated carbocycles. The Labute approximate surface area is 172 Å². The molecule has 0 bridgehead atoms. The summed E-state index contributed by atoms with van der Waals surface area (Å²) >= 11 is 0. The van der Waals surface area contributed by atoms with Crippen LogP contribution in [0.25, 0.3) is 6.08 Å². The van der Waals surface area contributed by atoms with Gasteiger partial charge in [-0.05, 0) is 38.1 Å². The zero-order valence-electron chi connectivity index (χ0n) is 16.4. The Morgan fingerprint density at radius 3 is 2.53 bits per heavy atom. The number of esters is 1.